The van der Waals surface area contributed by atoms with E-state index in [-0.39, 0.29) is 11.8 Å². The minimum atomic E-state index is -0.471. The maximum Gasteiger partial charge on any atom is 0.341 e. The monoisotopic (exact) mass is 341 g/mol. The smallest absolute Gasteiger partial charge is 0.341 e. The molecule has 0 aliphatic rings. The number of ether oxygens (including phenoxy) is 1. The molecule has 2 aromatic heterocycles. The van der Waals surface area contributed by atoms with Crippen LogP contribution in [0.2, 0.25) is 5.15 Å². The van der Waals surface area contributed by atoms with E-state index in [9.17, 15) is 4.79 Å². The lowest BCUT2D eigenvalue weighted by Crippen LogP contribution is -2.09. The summed E-state index contributed by atoms with van der Waals surface area (Å²) in [4.78, 5) is 16.4. The summed E-state index contributed by atoms with van der Waals surface area (Å²) in [6.45, 7) is 3.81. The number of aromatic nitrogens is 3. The molecule has 122 valence electrons. The van der Waals surface area contributed by atoms with Crippen molar-refractivity contribution >= 4 is 17.6 Å². The van der Waals surface area contributed by atoms with Gasteiger partial charge < -0.3 is 4.74 Å². The number of halogens is 1. The largest absolute Gasteiger partial charge is 0.457 e. The number of hydrogen-bond acceptors (Lipinski definition) is 4. The number of pyridine rings is 1. The van der Waals surface area contributed by atoms with E-state index in [4.69, 9.17) is 16.3 Å². The van der Waals surface area contributed by atoms with Gasteiger partial charge >= 0.3 is 5.97 Å². The molecule has 24 heavy (non-hydrogen) atoms. The summed E-state index contributed by atoms with van der Waals surface area (Å²) in [6.07, 6.45) is 3.58. The Morgan fingerprint density at radius 2 is 2.00 bits per heavy atom. The topological polar surface area (TPSA) is 57.0 Å². The number of hydrogen-bond donors (Lipinski definition) is 0. The molecule has 0 atom stereocenters. The van der Waals surface area contributed by atoms with Crippen molar-refractivity contribution in [3.05, 3.63) is 76.3 Å². The molecular weight excluding hydrogens is 326 g/mol. The van der Waals surface area contributed by atoms with Crippen LogP contribution in [0.1, 0.15) is 27.2 Å². The molecule has 0 saturated heterocycles. The Balaban J connectivity index is 1.69. The van der Waals surface area contributed by atoms with Crippen LogP contribution in [-0.4, -0.2) is 20.7 Å². The molecule has 0 spiro atoms. The third-order valence-electron chi connectivity index (χ3n) is 3.58. The Bertz CT molecular complexity index is 835. The van der Waals surface area contributed by atoms with E-state index >= 15 is 0 Å². The molecule has 0 unspecified atom stereocenters. The highest BCUT2D eigenvalue weighted by Crippen LogP contribution is 2.20. The maximum atomic E-state index is 12.3. The standard InChI is InChI=1S/C18H16ClN3O2/c1-12-10-13(2)21-17(19)16(12)18(23)24-11-14-4-6-15(7-5-14)22-9-3-8-20-22/h3-10H,11H2,1-2H3. The summed E-state index contributed by atoms with van der Waals surface area (Å²) < 4.78 is 7.12. The number of carbonyl (C=O) groups is 1. The quantitative estimate of drug-likeness (QED) is 0.533. The second-order valence-electron chi connectivity index (χ2n) is 5.44. The highest BCUT2D eigenvalue weighted by Gasteiger charge is 2.17. The molecule has 0 aliphatic carbocycles. The molecule has 0 N–H and O–H groups in total. The van der Waals surface area contributed by atoms with E-state index in [1.165, 1.54) is 0 Å². The fourth-order valence-electron chi connectivity index (χ4n) is 2.42. The number of nitrogens with zero attached hydrogens (tertiary/aromatic N) is 3. The molecule has 0 saturated carbocycles. The Morgan fingerprint density at radius 1 is 1.25 bits per heavy atom. The Hall–Kier alpha value is -2.66. The van der Waals surface area contributed by atoms with Crippen molar-refractivity contribution in [2.24, 2.45) is 0 Å². The summed E-state index contributed by atoms with van der Waals surface area (Å²) in [5.74, 6) is -0.471. The SMILES string of the molecule is Cc1cc(C)c(C(=O)OCc2ccc(-n3cccn3)cc2)c(Cl)n1. The molecule has 0 amide bonds. The van der Waals surface area contributed by atoms with E-state index in [1.807, 2.05) is 50.4 Å². The first-order valence-electron chi connectivity index (χ1n) is 7.44. The number of rotatable bonds is 4. The molecule has 6 heteroatoms. The lowest BCUT2D eigenvalue weighted by molar-refractivity contribution is 0.0471. The molecule has 0 aliphatic heterocycles. The van der Waals surface area contributed by atoms with Gasteiger partial charge in [0.25, 0.3) is 0 Å². The van der Waals surface area contributed by atoms with Crippen molar-refractivity contribution in [1.29, 1.82) is 0 Å². The lowest BCUT2D eigenvalue weighted by Gasteiger charge is -2.10. The number of benzene rings is 1. The summed E-state index contributed by atoms with van der Waals surface area (Å²) in [7, 11) is 0. The first kappa shape index (κ1) is 16.2. The van der Waals surface area contributed by atoms with Gasteiger partial charge in [-0.15, -0.1) is 0 Å². The molecule has 0 fully saturated rings. The molecule has 3 aromatic rings. The highest BCUT2D eigenvalue weighted by atomic mass is 35.5. The van der Waals surface area contributed by atoms with Gasteiger partial charge in [-0.1, -0.05) is 23.7 Å². The zero-order valence-electron chi connectivity index (χ0n) is 13.4. The van der Waals surface area contributed by atoms with Crippen LogP contribution >= 0.6 is 11.6 Å². The van der Waals surface area contributed by atoms with E-state index in [1.54, 1.807) is 16.9 Å². The van der Waals surface area contributed by atoms with Crippen molar-refractivity contribution < 1.29 is 9.53 Å². The first-order valence-corrected chi connectivity index (χ1v) is 7.82. The summed E-state index contributed by atoms with van der Waals surface area (Å²) in [6, 6.07) is 11.3. The van der Waals surface area contributed by atoms with Gasteiger partial charge in [-0.2, -0.15) is 5.10 Å². The Labute approximate surface area is 144 Å². The van der Waals surface area contributed by atoms with E-state index < -0.39 is 5.97 Å². The fourth-order valence-corrected chi connectivity index (χ4v) is 2.78. The van der Waals surface area contributed by atoms with Crippen LogP contribution in [0.15, 0.2) is 48.8 Å². The number of carbonyl (C=O) groups excluding carboxylic acids is 1. The van der Waals surface area contributed by atoms with Gasteiger partial charge in [-0.25, -0.2) is 14.5 Å². The van der Waals surface area contributed by atoms with Gasteiger partial charge in [0.05, 0.1) is 11.3 Å². The Kier molecular flexibility index (Phi) is 4.62. The van der Waals surface area contributed by atoms with Crippen molar-refractivity contribution in [1.82, 2.24) is 14.8 Å². The predicted octanol–water partition coefficient (Wildman–Crippen LogP) is 3.89. The molecule has 0 radical (unpaired) electrons. The van der Waals surface area contributed by atoms with Crippen LogP contribution in [0.5, 0.6) is 0 Å². The van der Waals surface area contributed by atoms with Crippen LogP contribution in [0.25, 0.3) is 5.69 Å². The minimum Gasteiger partial charge on any atom is -0.457 e. The second-order valence-corrected chi connectivity index (χ2v) is 5.80. The van der Waals surface area contributed by atoms with Gasteiger partial charge in [0.1, 0.15) is 11.8 Å². The Morgan fingerprint density at radius 3 is 2.62 bits per heavy atom. The minimum absolute atomic E-state index is 0.169. The first-order chi connectivity index (χ1) is 11.5. The fraction of sp³-hybridized carbons (Fsp3) is 0.167. The van der Waals surface area contributed by atoms with Crippen LogP contribution in [0.3, 0.4) is 0 Å². The predicted molar refractivity (Wildman–Crippen MR) is 91.4 cm³/mol. The molecule has 1 aromatic carbocycles. The average Bonchev–Trinajstić information content (AvgIpc) is 3.07. The van der Waals surface area contributed by atoms with Gasteiger partial charge in [-0.3, -0.25) is 0 Å². The number of aryl methyl sites for hydroxylation is 2. The summed E-state index contributed by atoms with van der Waals surface area (Å²) in [5, 5.41) is 4.34. The van der Waals surface area contributed by atoms with E-state index in [0.717, 1.165) is 22.5 Å². The van der Waals surface area contributed by atoms with Crippen molar-refractivity contribution in [3.63, 3.8) is 0 Å². The van der Waals surface area contributed by atoms with Gasteiger partial charge in [0, 0.05) is 18.1 Å². The molecular formula is C18H16ClN3O2. The molecule has 2 heterocycles. The number of esters is 1. The molecule has 3 rings (SSSR count). The van der Waals surface area contributed by atoms with Crippen LogP contribution in [0, 0.1) is 13.8 Å². The van der Waals surface area contributed by atoms with Crippen LogP contribution < -0.4 is 0 Å². The van der Waals surface area contributed by atoms with Crippen molar-refractivity contribution in [2.45, 2.75) is 20.5 Å². The van der Waals surface area contributed by atoms with Crippen LogP contribution in [-0.2, 0) is 11.3 Å². The van der Waals surface area contributed by atoms with Crippen LogP contribution in [0.4, 0.5) is 0 Å². The van der Waals surface area contributed by atoms with Crippen molar-refractivity contribution in [2.75, 3.05) is 0 Å². The van der Waals surface area contributed by atoms with Gasteiger partial charge in [0.2, 0.25) is 0 Å². The third kappa shape index (κ3) is 3.46. The zero-order chi connectivity index (χ0) is 17.1. The summed E-state index contributed by atoms with van der Waals surface area (Å²) in [5.41, 5.74) is 3.66. The average molecular weight is 342 g/mol. The van der Waals surface area contributed by atoms with E-state index in [2.05, 4.69) is 10.1 Å². The second kappa shape index (κ2) is 6.84. The van der Waals surface area contributed by atoms with Gasteiger partial charge in [0.15, 0.2) is 0 Å². The van der Waals surface area contributed by atoms with Crippen molar-refractivity contribution in [3.8, 4) is 5.69 Å². The molecule has 0 bridgehead atoms. The van der Waals surface area contributed by atoms with E-state index in [0.29, 0.717) is 5.56 Å². The third-order valence-corrected chi connectivity index (χ3v) is 3.85. The highest BCUT2D eigenvalue weighted by molar-refractivity contribution is 6.32. The maximum absolute atomic E-state index is 12.3. The zero-order valence-corrected chi connectivity index (χ0v) is 14.1. The normalized spacial score (nSPS) is 10.6. The summed E-state index contributed by atoms with van der Waals surface area (Å²) >= 11 is 6.07. The lowest BCUT2D eigenvalue weighted by atomic mass is 10.1. The van der Waals surface area contributed by atoms with Gasteiger partial charge in [-0.05, 0) is 49.2 Å². The molecule has 5 nitrogen and oxygen atoms in total.